The first-order valence-corrected chi connectivity index (χ1v) is 50.7. The second-order valence-corrected chi connectivity index (χ2v) is 40.7. The summed E-state index contributed by atoms with van der Waals surface area (Å²) in [4.78, 5) is 25.0. The van der Waals surface area contributed by atoms with Gasteiger partial charge in [-0.3, -0.25) is 9.97 Å². The van der Waals surface area contributed by atoms with E-state index in [-0.39, 0.29) is 5.82 Å². The van der Waals surface area contributed by atoms with Gasteiger partial charge in [0.15, 0.2) is 11.6 Å². The van der Waals surface area contributed by atoms with Crippen LogP contribution >= 0.6 is 27.5 Å². The zero-order valence-corrected chi connectivity index (χ0v) is 87.0. The zero-order chi connectivity index (χ0) is 101. The maximum absolute atomic E-state index is 13.3. The predicted octanol–water partition coefficient (Wildman–Crippen LogP) is 25.9. The van der Waals surface area contributed by atoms with E-state index in [1.165, 1.54) is 197 Å². The quantitative estimate of drug-likeness (QED) is 0.0502. The Morgan fingerprint density at radius 1 is 0.261 bits per heavy atom. The molecule has 0 aliphatic carbocycles. The lowest BCUT2D eigenvalue weighted by Gasteiger charge is -2.21. The van der Waals surface area contributed by atoms with Gasteiger partial charge < -0.3 is 74.4 Å². The molecule has 21 heteroatoms. The zero-order valence-electron chi connectivity index (χ0n) is 84.7. The number of hydrogen-bond donors (Lipinski definition) is 7. The SMILES string of the molecule is Cc1cc2c(c(C)c1N)CCN2Cc1ccc(Br)cc1.Cc1cc2c(c(C)c1N)CCN2Cc1ccc(F)c(F)c1.Cc1cc2c(c(C)c1N)CCN2Cc1ccc(F)cc1.Cc1cc2c(c(C)c1N)CCN2Cc1ccc2ccccc2c1.Cc1cc2c(c(C)c1N)CCN2Cc1cccc(Cl)c1.Cc1cc2c(c(C)c1N)CCN2Cc1cccnc1.Cc1cc2c(c(C)c1N)CCN2Cc1ccncc1. The van der Waals surface area contributed by atoms with Crippen molar-refractivity contribution in [2.45, 2.75) is 188 Å². The van der Waals surface area contributed by atoms with Crippen molar-refractivity contribution in [2.75, 3.05) is 120 Å². The number of benzene rings is 13. The molecule has 14 N–H and O–H groups in total. The molecular formula is C121H135BrClF3N16. The average molecular weight is 1990 g/mol. The fourth-order valence-electron chi connectivity index (χ4n) is 21.4. The summed E-state index contributed by atoms with van der Waals surface area (Å²) in [6.07, 6.45) is 14.9. The summed E-state index contributed by atoms with van der Waals surface area (Å²) in [6, 6.07) is 66.5. The van der Waals surface area contributed by atoms with Crippen molar-refractivity contribution in [3.05, 3.63) is 408 Å². The topological polar surface area (TPSA) is 231 Å². The highest BCUT2D eigenvalue weighted by atomic mass is 79.9. The van der Waals surface area contributed by atoms with Gasteiger partial charge in [-0.2, -0.15) is 0 Å². The van der Waals surface area contributed by atoms with E-state index in [9.17, 15) is 13.2 Å². The third-order valence-corrected chi connectivity index (χ3v) is 30.8. The average Bonchev–Trinajstić information content (AvgIpc) is 1.65. The van der Waals surface area contributed by atoms with Crippen molar-refractivity contribution in [1.82, 2.24) is 9.97 Å². The maximum atomic E-state index is 13.3. The molecule has 7 aliphatic rings. The molecular weight excluding hydrogens is 1850 g/mol. The summed E-state index contributed by atoms with van der Waals surface area (Å²) in [5, 5.41) is 3.42. The number of anilines is 14. The van der Waals surface area contributed by atoms with Gasteiger partial charge >= 0.3 is 0 Å². The smallest absolute Gasteiger partial charge is 0.159 e. The second kappa shape index (κ2) is 44.1. The van der Waals surface area contributed by atoms with Gasteiger partial charge in [0, 0.05) is 206 Å². The van der Waals surface area contributed by atoms with Crippen molar-refractivity contribution in [1.29, 1.82) is 0 Å². The molecule has 0 bridgehead atoms. The molecule has 15 aromatic rings. The molecule has 0 atom stereocenters. The van der Waals surface area contributed by atoms with Crippen LogP contribution in [0.1, 0.15) is 156 Å². The van der Waals surface area contributed by atoms with Gasteiger partial charge in [-0.15, -0.1) is 0 Å². The van der Waals surface area contributed by atoms with Crippen molar-refractivity contribution in [3.8, 4) is 0 Å². The monoisotopic (exact) mass is 1980 g/mol. The normalized spacial score (nSPS) is 13.6. The molecule has 0 spiro atoms. The minimum Gasteiger partial charge on any atom is -0.398 e. The molecule has 7 aliphatic heterocycles. The molecule has 0 amide bonds. The molecule has 0 saturated carbocycles. The number of nitrogens with two attached hydrogens (primary N) is 7. The van der Waals surface area contributed by atoms with E-state index in [2.05, 4.69) is 277 Å². The standard InChI is InChI=1S/C21H22N2.C17H19BrN2.C17H19ClN2.C17H18F2N2.C17H19FN2.2C16H19N3/c1-14-11-20-19(15(2)21(14)22)9-10-23(20)13-16-7-8-17-5-3-4-6-18(17)12-16;1-11-9-16-15(12(2)17(11)19)7-8-20(16)10-13-3-5-14(18)6-4-13;1-11-8-16-15(12(2)17(11)19)6-7-20(16)10-13-4-3-5-14(18)9-13;1-10-7-16-13(11(2)17(10)20)5-6-21(16)9-12-3-4-14(18)15(19)8-12;1-11-9-16-15(12(2)17(11)19)7-8-20(16)10-13-3-5-14(18)6-4-13;1-11-9-15-14(12(2)16(11)17)5-8-19(15)10-13-3-6-18-7-4-13;1-11-8-15-14(12(2)16(11)17)5-7-19(15)10-13-4-3-6-18-9-13/h3-8,11-12H,9-10,13,22H2,1-2H3;3-6,9H,7-8,10,19H2,1-2H3;3-5,8-9H,6-7,10,19H2,1-2H3;3-4,7-8H,5-6,9,20H2,1-2H3;3-6,9H,7-8,10,19H2,1-2H3;3-4,6-7,9H,5,8,10,17H2,1-2H3;3-4,6,8-9H,5,7,10,17H2,1-2H3. The molecule has 0 fully saturated rings. The number of nitrogens with zero attached hydrogens (tertiary/aromatic N) is 9. The lowest BCUT2D eigenvalue weighted by atomic mass is 10.0. The van der Waals surface area contributed by atoms with Gasteiger partial charge in [0.05, 0.1) is 0 Å². The van der Waals surface area contributed by atoms with E-state index in [0.717, 1.165) is 213 Å². The van der Waals surface area contributed by atoms with Gasteiger partial charge in [-0.05, 0) is 424 Å². The summed E-state index contributed by atoms with van der Waals surface area (Å²) in [6.45, 7) is 42.6. The van der Waals surface area contributed by atoms with Gasteiger partial charge in [-0.1, -0.05) is 112 Å². The summed E-state index contributed by atoms with van der Waals surface area (Å²) < 4.78 is 40.4. The molecule has 734 valence electrons. The van der Waals surface area contributed by atoms with E-state index in [0.29, 0.717) is 6.54 Å². The lowest BCUT2D eigenvalue weighted by molar-refractivity contribution is 0.507. The van der Waals surface area contributed by atoms with Crippen LogP contribution < -0.4 is 74.4 Å². The first-order valence-electron chi connectivity index (χ1n) is 49.5. The molecule has 22 rings (SSSR count). The van der Waals surface area contributed by atoms with Crippen molar-refractivity contribution in [3.63, 3.8) is 0 Å². The van der Waals surface area contributed by atoms with Crippen LogP contribution in [0.5, 0.6) is 0 Å². The van der Waals surface area contributed by atoms with Gasteiger partial charge in [-0.25, -0.2) is 13.2 Å². The molecule has 9 heterocycles. The molecule has 2 aromatic heterocycles. The Morgan fingerprint density at radius 2 is 0.542 bits per heavy atom. The van der Waals surface area contributed by atoms with Crippen LogP contribution in [-0.4, -0.2) is 55.8 Å². The highest BCUT2D eigenvalue weighted by Crippen LogP contribution is 2.45. The van der Waals surface area contributed by atoms with Crippen LogP contribution in [0.15, 0.2) is 229 Å². The lowest BCUT2D eigenvalue weighted by Crippen LogP contribution is -2.20. The molecule has 142 heavy (non-hydrogen) atoms. The summed E-state index contributed by atoms with van der Waals surface area (Å²) >= 11 is 9.55. The molecule has 0 unspecified atom stereocenters. The fraction of sp³-hybridized carbons (Fsp3) is 0.289. The second-order valence-electron chi connectivity index (χ2n) is 39.3. The number of rotatable bonds is 14. The number of aryl methyl sites for hydroxylation is 7. The Morgan fingerprint density at radius 3 is 0.866 bits per heavy atom. The molecule has 13 aromatic carbocycles. The fourth-order valence-corrected chi connectivity index (χ4v) is 21.8. The first-order chi connectivity index (χ1) is 68.1. The van der Waals surface area contributed by atoms with Crippen molar-refractivity contribution < 1.29 is 13.2 Å². The summed E-state index contributed by atoms with van der Waals surface area (Å²) in [5.74, 6) is -1.79. The number of aromatic nitrogens is 2. The van der Waals surface area contributed by atoms with Crippen LogP contribution in [0.4, 0.5) is 92.8 Å². The van der Waals surface area contributed by atoms with Gasteiger partial charge in [0.1, 0.15) is 5.82 Å². The van der Waals surface area contributed by atoms with Crippen LogP contribution in [0.3, 0.4) is 0 Å². The van der Waals surface area contributed by atoms with Gasteiger partial charge in [0.25, 0.3) is 0 Å². The third-order valence-electron chi connectivity index (χ3n) is 30.0. The molecule has 0 saturated heterocycles. The molecule has 0 radical (unpaired) electrons. The highest BCUT2D eigenvalue weighted by Gasteiger charge is 2.31. The van der Waals surface area contributed by atoms with E-state index in [1.54, 1.807) is 6.07 Å². The third kappa shape index (κ3) is 22.5. The van der Waals surface area contributed by atoms with Crippen LogP contribution in [0.2, 0.25) is 5.02 Å². The van der Waals surface area contributed by atoms with Crippen LogP contribution in [-0.2, 0) is 90.8 Å². The van der Waals surface area contributed by atoms with Crippen LogP contribution in [0, 0.1) is 114 Å². The Kier molecular flexibility index (Phi) is 31.4. The molecule has 16 nitrogen and oxygen atoms in total. The maximum Gasteiger partial charge on any atom is 0.159 e. The number of fused-ring (bicyclic) bond motifs is 8. The van der Waals surface area contributed by atoms with Crippen molar-refractivity contribution in [2.24, 2.45) is 0 Å². The Bertz CT molecular complexity index is 6930. The summed E-state index contributed by atoms with van der Waals surface area (Å²) in [5.41, 5.74) is 93.4. The van der Waals surface area contributed by atoms with E-state index >= 15 is 0 Å². The highest BCUT2D eigenvalue weighted by molar-refractivity contribution is 9.10. The Labute approximate surface area is 850 Å². The minimum atomic E-state index is -0.806. The Balaban J connectivity index is 0.000000119. The number of pyridine rings is 2. The first kappa shape index (κ1) is 101. The largest absolute Gasteiger partial charge is 0.398 e. The predicted molar refractivity (Wildman–Crippen MR) is 596 cm³/mol. The van der Waals surface area contributed by atoms with Gasteiger partial charge in [0.2, 0.25) is 0 Å². The van der Waals surface area contributed by atoms with Crippen LogP contribution in [0.25, 0.3) is 10.8 Å². The summed E-state index contributed by atoms with van der Waals surface area (Å²) in [7, 11) is 0. The minimum absolute atomic E-state index is 0.185. The number of nitrogen functional groups attached to an aromatic ring is 7. The number of hydrogen-bond acceptors (Lipinski definition) is 16. The Hall–Kier alpha value is -13.8. The number of halogens is 5. The van der Waals surface area contributed by atoms with Crippen molar-refractivity contribution >= 4 is 118 Å². The van der Waals surface area contributed by atoms with E-state index in [1.807, 2.05) is 75.0 Å². The van der Waals surface area contributed by atoms with E-state index in [4.69, 9.17) is 51.7 Å². The van der Waals surface area contributed by atoms with E-state index < -0.39 is 11.6 Å².